The third-order valence-corrected chi connectivity index (χ3v) is 5.27. The Kier molecular flexibility index (Phi) is 6.78. The van der Waals surface area contributed by atoms with Gasteiger partial charge in [-0.1, -0.05) is 25.1 Å². The Hall–Kier alpha value is -3.07. The third-order valence-electron chi connectivity index (χ3n) is 3.54. The molecule has 2 rings (SSSR count). The molecular weight excluding hydrogens is 372 g/mol. The summed E-state index contributed by atoms with van der Waals surface area (Å²) in [6.07, 6.45) is 0. The van der Waals surface area contributed by atoms with Gasteiger partial charge >= 0.3 is 0 Å². The normalized spacial score (nSPS) is 10.9. The van der Waals surface area contributed by atoms with Gasteiger partial charge in [-0.25, -0.2) is 8.42 Å². The van der Waals surface area contributed by atoms with Gasteiger partial charge in [-0.3, -0.25) is 9.59 Å². The van der Waals surface area contributed by atoms with Crippen molar-refractivity contribution in [1.29, 1.82) is 0 Å². The number of phenols is 1. The van der Waals surface area contributed by atoms with E-state index in [2.05, 4.69) is 10.6 Å². The second kappa shape index (κ2) is 9.04. The molecule has 2 aromatic rings. The van der Waals surface area contributed by atoms with Crippen LogP contribution in [0.4, 0.5) is 5.69 Å². The van der Waals surface area contributed by atoms with Gasteiger partial charge in [0.15, 0.2) is 16.4 Å². The van der Waals surface area contributed by atoms with Gasteiger partial charge in [-0.15, -0.1) is 0 Å². The van der Waals surface area contributed by atoms with Crippen LogP contribution in [0.3, 0.4) is 0 Å². The highest BCUT2D eigenvalue weighted by molar-refractivity contribution is 7.91. The fourth-order valence-corrected chi connectivity index (χ4v) is 2.97. The Bertz CT molecular complexity index is 913. The van der Waals surface area contributed by atoms with E-state index < -0.39 is 21.7 Å². The first-order chi connectivity index (χ1) is 12.8. The van der Waals surface area contributed by atoms with Crippen LogP contribution in [-0.4, -0.2) is 44.2 Å². The van der Waals surface area contributed by atoms with Gasteiger partial charge in [0.05, 0.1) is 22.9 Å². The molecule has 0 aliphatic rings. The van der Waals surface area contributed by atoms with Crippen LogP contribution in [0.5, 0.6) is 11.5 Å². The molecule has 3 N–H and O–H groups in total. The Morgan fingerprint density at radius 3 is 2.44 bits per heavy atom. The van der Waals surface area contributed by atoms with E-state index in [0.717, 1.165) is 0 Å². The molecule has 0 aliphatic heterocycles. The Morgan fingerprint density at radius 1 is 1.07 bits per heavy atom. The lowest BCUT2D eigenvalue weighted by Gasteiger charge is -2.11. The van der Waals surface area contributed by atoms with Crippen molar-refractivity contribution in [3.63, 3.8) is 0 Å². The van der Waals surface area contributed by atoms with Crippen LogP contribution in [0.1, 0.15) is 6.92 Å². The molecule has 9 heteroatoms. The summed E-state index contributed by atoms with van der Waals surface area (Å²) in [6.45, 7) is 0.876. The van der Waals surface area contributed by atoms with Crippen LogP contribution in [0.25, 0.3) is 0 Å². The summed E-state index contributed by atoms with van der Waals surface area (Å²) in [7, 11) is -3.48. The number of anilines is 1. The zero-order chi connectivity index (χ0) is 19.9. The molecule has 2 aromatic carbocycles. The quantitative estimate of drug-likeness (QED) is 0.583. The average Bonchev–Trinajstić information content (AvgIpc) is 2.67. The molecule has 0 aliphatic carbocycles. The third kappa shape index (κ3) is 6.00. The minimum atomic E-state index is -3.48. The number of nitrogens with one attached hydrogen (secondary N) is 2. The van der Waals surface area contributed by atoms with Gasteiger partial charge in [-0.05, 0) is 30.3 Å². The SMILES string of the molecule is CCS(=O)(=O)c1ccc(O)c(NC(=O)CNC(=O)COc2ccccc2)c1. The van der Waals surface area contributed by atoms with Crippen molar-refractivity contribution in [3.05, 3.63) is 48.5 Å². The number of carbonyl (C=O) groups excluding carboxylic acids is 2. The zero-order valence-corrected chi connectivity index (χ0v) is 15.5. The maximum Gasteiger partial charge on any atom is 0.258 e. The standard InChI is InChI=1S/C18H20N2O6S/c1-2-27(24,25)14-8-9-16(21)15(10-14)20-17(22)11-19-18(23)12-26-13-6-4-3-5-7-13/h3-10,21H,2,11-12H2,1H3,(H,19,23)(H,20,22). The highest BCUT2D eigenvalue weighted by Crippen LogP contribution is 2.26. The second-order valence-corrected chi connectivity index (χ2v) is 7.79. The number of rotatable bonds is 8. The van der Waals surface area contributed by atoms with E-state index in [1.54, 1.807) is 24.3 Å². The molecule has 0 spiro atoms. The maximum atomic E-state index is 11.9. The number of carbonyl (C=O) groups is 2. The van der Waals surface area contributed by atoms with Crippen LogP contribution < -0.4 is 15.4 Å². The lowest BCUT2D eigenvalue weighted by Crippen LogP contribution is -2.35. The van der Waals surface area contributed by atoms with E-state index in [9.17, 15) is 23.1 Å². The van der Waals surface area contributed by atoms with Crippen molar-refractivity contribution in [2.45, 2.75) is 11.8 Å². The van der Waals surface area contributed by atoms with E-state index in [1.807, 2.05) is 6.07 Å². The summed E-state index contributed by atoms with van der Waals surface area (Å²) in [5.74, 6) is -0.985. The number of para-hydroxylation sites is 1. The fourth-order valence-electron chi connectivity index (χ4n) is 2.07. The molecule has 0 aromatic heterocycles. The van der Waals surface area contributed by atoms with Crippen LogP contribution in [0.2, 0.25) is 0 Å². The van der Waals surface area contributed by atoms with Crippen LogP contribution in [0, 0.1) is 0 Å². The fraction of sp³-hybridized carbons (Fsp3) is 0.222. The Morgan fingerprint density at radius 2 is 1.78 bits per heavy atom. The van der Waals surface area contributed by atoms with Crippen molar-refractivity contribution in [1.82, 2.24) is 5.32 Å². The van der Waals surface area contributed by atoms with Gasteiger partial charge in [0.25, 0.3) is 5.91 Å². The molecule has 8 nitrogen and oxygen atoms in total. The highest BCUT2D eigenvalue weighted by Gasteiger charge is 2.15. The summed E-state index contributed by atoms with van der Waals surface area (Å²) >= 11 is 0. The van der Waals surface area contributed by atoms with Gasteiger partial charge in [0, 0.05) is 0 Å². The molecule has 0 radical (unpaired) electrons. The number of hydrogen-bond acceptors (Lipinski definition) is 6. The van der Waals surface area contributed by atoms with Crippen LogP contribution >= 0.6 is 0 Å². The van der Waals surface area contributed by atoms with Gasteiger partial charge < -0.3 is 20.5 Å². The van der Waals surface area contributed by atoms with Crippen LogP contribution in [-0.2, 0) is 19.4 Å². The van der Waals surface area contributed by atoms with E-state index in [-0.39, 0.29) is 35.2 Å². The summed E-state index contributed by atoms with van der Waals surface area (Å²) in [5, 5.41) is 14.5. The number of amides is 2. The molecule has 0 saturated heterocycles. The minimum Gasteiger partial charge on any atom is -0.506 e. The first-order valence-electron chi connectivity index (χ1n) is 8.12. The topological polar surface area (TPSA) is 122 Å². The van der Waals surface area contributed by atoms with E-state index in [1.165, 1.54) is 25.1 Å². The van der Waals surface area contributed by atoms with Crippen molar-refractivity contribution >= 4 is 27.3 Å². The number of phenolic OH excluding ortho intramolecular Hbond substituents is 1. The molecule has 0 saturated carbocycles. The Labute approximate surface area is 157 Å². The van der Waals surface area contributed by atoms with Crippen molar-refractivity contribution in [3.8, 4) is 11.5 Å². The van der Waals surface area contributed by atoms with E-state index >= 15 is 0 Å². The van der Waals surface area contributed by atoms with Crippen molar-refractivity contribution in [2.75, 3.05) is 24.2 Å². The van der Waals surface area contributed by atoms with Crippen LogP contribution in [0.15, 0.2) is 53.4 Å². The number of aromatic hydroxyl groups is 1. The van der Waals surface area contributed by atoms with E-state index in [0.29, 0.717) is 5.75 Å². The molecule has 0 atom stereocenters. The zero-order valence-electron chi connectivity index (χ0n) is 14.6. The Balaban J connectivity index is 1.88. The molecule has 0 unspecified atom stereocenters. The molecule has 27 heavy (non-hydrogen) atoms. The summed E-state index contributed by atoms with van der Waals surface area (Å²) in [4.78, 5) is 23.7. The number of hydrogen-bond donors (Lipinski definition) is 3. The molecule has 0 fully saturated rings. The lowest BCUT2D eigenvalue weighted by molar-refractivity contribution is -0.125. The molecule has 0 heterocycles. The summed E-state index contributed by atoms with van der Waals surface area (Å²) in [5.41, 5.74) is -0.0516. The largest absolute Gasteiger partial charge is 0.506 e. The van der Waals surface area contributed by atoms with Crippen molar-refractivity contribution < 1.29 is 27.9 Å². The molecule has 144 valence electrons. The van der Waals surface area contributed by atoms with Gasteiger partial charge in [0.1, 0.15) is 11.5 Å². The lowest BCUT2D eigenvalue weighted by atomic mass is 10.3. The number of ether oxygens (including phenoxy) is 1. The smallest absolute Gasteiger partial charge is 0.258 e. The number of sulfone groups is 1. The molecular formula is C18H20N2O6S. The molecule has 0 bridgehead atoms. The van der Waals surface area contributed by atoms with Crippen molar-refractivity contribution in [2.24, 2.45) is 0 Å². The predicted molar refractivity (Wildman–Crippen MR) is 99.4 cm³/mol. The van der Waals surface area contributed by atoms with Gasteiger partial charge in [0.2, 0.25) is 5.91 Å². The summed E-state index contributed by atoms with van der Waals surface area (Å²) < 4.78 is 29.0. The van der Waals surface area contributed by atoms with Gasteiger partial charge in [-0.2, -0.15) is 0 Å². The average molecular weight is 392 g/mol. The monoisotopic (exact) mass is 392 g/mol. The maximum absolute atomic E-state index is 11.9. The van der Waals surface area contributed by atoms with E-state index in [4.69, 9.17) is 4.74 Å². The first-order valence-corrected chi connectivity index (χ1v) is 9.77. The second-order valence-electron chi connectivity index (χ2n) is 5.51. The predicted octanol–water partition coefficient (Wildman–Crippen LogP) is 1.32. The number of benzene rings is 2. The first kappa shape index (κ1) is 20.2. The summed E-state index contributed by atoms with van der Waals surface area (Å²) in [6, 6.07) is 12.3. The molecule has 2 amide bonds. The minimum absolute atomic E-state index is 0.0154. The highest BCUT2D eigenvalue weighted by atomic mass is 32.2.